The lowest BCUT2D eigenvalue weighted by atomic mass is 10.2. The zero-order valence-electron chi connectivity index (χ0n) is 10.8. The highest BCUT2D eigenvalue weighted by Crippen LogP contribution is 2.46. The molecule has 2 N–H and O–H groups in total. The molecule has 0 radical (unpaired) electrons. The van der Waals surface area contributed by atoms with Crippen molar-refractivity contribution in [1.29, 1.82) is 0 Å². The Labute approximate surface area is 115 Å². The van der Waals surface area contributed by atoms with Crippen LogP contribution in [0.15, 0.2) is 10.3 Å². The molecule has 1 heterocycles. The summed E-state index contributed by atoms with van der Waals surface area (Å²) in [5, 5.41) is 13.7. The summed E-state index contributed by atoms with van der Waals surface area (Å²) in [6, 6.07) is 0.991. The van der Waals surface area contributed by atoms with Crippen LogP contribution in [0, 0.1) is 15.5 Å². The second-order valence-corrected chi connectivity index (χ2v) is 8.15. The predicted molar refractivity (Wildman–Crippen MR) is 73.0 cm³/mol. The third kappa shape index (κ3) is 2.72. The van der Waals surface area contributed by atoms with E-state index in [0.29, 0.717) is 0 Å². The third-order valence-electron chi connectivity index (χ3n) is 3.19. The molecule has 0 aromatic carbocycles. The zero-order valence-corrected chi connectivity index (χ0v) is 12.4. The smallest absolute Gasteiger partial charge is 0.304 e. The van der Waals surface area contributed by atoms with E-state index in [1.165, 1.54) is 7.05 Å². The van der Waals surface area contributed by atoms with Crippen molar-refractivity contribution < 1.29 is 13.3 Å². The standard InChI is InChI=1S/C10H15N3O4S2/c1-10(2)5-7(10)12-19(16,17)8-4-6(13(14)15)9(11-3)18-8/h4,7,11-12H,5H2,1-3H3. The van der Waals surface area contributed by atoms with E-state index in [0.717, 1.165) is 23.8 Å². The predicted octanol–water partition coefficient (Wildman–Crippen LogP) is 1.77. The molecule has 0 aliphatic heterocycles. The first kappa shape index (κ1) is 14.2. The van der Waals surface area contributed by atoms with Gasteiger partial charge in [0.2, 0.25) is 0 Å². The Morgan fingerprint density at radius 2 is 2.11 bits per heavy atom. The van der Waals surface area contributed by atoms with Crippen molar-refractivity contribution in [3.05, 3.63) is 16.2 Å². The maximum absolute atomic E-state index is 12.1. The topological polar surface area (TPSA) is 101 Å². The largest absolute Gasteiger partial charge is 0.374 e. The minimum absolute atomic E-state index is 0.0359. The summed E-state index contributed by atoms with van der Waals surface area (Å²) in [5.74, 6) is 0. The van der Waals surface area contributed by atoms with Crippen LogP contribution >= 0.6 is 11.3 Å². The lowest BCUT2D eigenvalue weighted by Crippen LogP contribution is -2.27. The van der Waals surface area contributed by atoms with E-state index >= 15 is 0 Å². The Bertz CT molecular complexity index is 621. The lowest BCUT2D eigenvalue weighted by Gasteiger charge is -2.05. The van der Waals surface area contributed by atoms with E-state index in [1.54, 1.807) is 0 Å². The Morgan fingerprint density at radius 3 is 2.47 bits per heavy atom. The van der Waals surface area contributed by atoms with E-state index in [-0.39, 0.29) is 26.4 Å². The van der Waals surface area contributed by atoms with Crippen LogP contribution in [0.3, 0.4) is 0 Å². The van der Waals surface area contributed by atoms with Gasteiger partial charge in [-0.1, -0.05) is 25.2 Å². The van der Waals surface area contributed by atoms with Crippen molar-refractivity contribution in [2.75, 3.05) is 12.4 Å². The summed E-state index contributed by atoms with van der Waals surface area (Å²) in [7, 11) is -2.17. The van der Waals surface area contributed by atoms with Gasteiger partial charge < -0.3 is 5.32 Å². The van der Waals surface area contributed by atoms with Crippen molar-refractivity contribution in [2.45, 2.75) is 30.5 Å². The number of hydrogen-bond acceptors (Lipinski definition) is 6. The van der Waals surface area contributed by atoms with Crippen molar-refractivity contribution in [2.24, 2.45) is 5.41 Å². The molecular formula is C10H15N3O4S2. The third-order valence-corrected chi connectivity index (χ3v) is 6.28. The second kappa shape index (κ2) is 4.43. The second-order valence-electron chi connectivity index (χ2n) is 5.15. The molecule has 7 nitrogen and oxygen atoms in total. The summed E-state index contributed by atoms with van der Waals surface area (Å²) in [6.45, 7) is 3.94. The van der Waals surface area contributed by atoms with Crippen LogP contribution in [0.25, 0.3) is 0 Å². The van der Waals surface area contributed by atoms with E-state index < -0.39 is 14.9 Å². The van der Waals surface area contributed by atoms with Crippen LogP contribution in [-0.4, -0.2) is 26.4 Å². The van der Waals surface area contributed by atoms with Crippen molar-refractivity contribution in [3.8, 4) is 0 Å². The van der Waals surface area contributed by atoms with E-state index in [9.17, 15) is 18.5 Å². The summed E-state index contributed by atoms with van der Waals surface area (Å²) < 4.78 is 26.8. The van der Waals surface area contributed by atoms with Gasteiger partial charge in [-0.15, -0.1) is 0 Å². The molecule has 1 aromatic heterocycles. The summed E-state index contributed by atoms with van der Waals surface area (Å²) in [5.41, 5.74) is -0.259. The highest BCUT2D eigenvalue weighted by molar-refractivity contribution is 7.91. The van der Waals surface area contributed by atoms with E-state index in [2.05, 4.69) is 10.0 Å². The Kier molecular flexibility index (Phi) is 3.31. The molecule has 0 saturated heterocycles. The summed E-state index contributed by atoms with van der Waals surface area (Å²) >= 11 is 0.861. The first-order chi connectivity index (χ1) is 8.67. The van der Waals surface area contributed by atoms with Crippen molar-refractivity contribution in [3.63, 3.8) is 0 Å². The van der Waals surface area contributed by atoms with E-state index in [1.807, 2.05) is 13.8 Å². The number of anilines is 1. The average molecular weight is 305 g/mol. The van der Waals surface area contributed by atoms with Crippen LogP contribution in [-0.2, 0) is 10.0 Å². The zero-order chi connectivity index (χ0) is 14.4. The van der Waals surface area contributed by atoms with Crippen LogP contribution in [0.2, 0.25) is 0 Å². The van der Waals surface area contributed by atoms with Crippen molar-refractivity contribution in [1.82, 2.24) is 4.72 Å². The Balaban J connectivity index is 2.28. The fourth-order valence-corrected chi connectivity index (χ4v) is 4.43. The molecule has 2 rings (SSSR count). The minimum atomic E-state index is -3.69. The summed E-state index contributed by atoms with van der Waals surface area (Å²) in [6.07, 6.45) is 0.776. The number of nitrogens with zero attached hydrogens (tertiary/aromatic N) is 1. The van der Waals surface area contributed by atoms with Gasteiger partial charge in [-0.3, -0.25) is 10.1 Å². The molecule has 106 valence electrons. The number of sulfonamides is 1. The maximum Gasteiger partial charge on any atom is 0.304 e. The molecule has 0 spiro atoms. The first-order valence-electron chi connectivity index (χ1n) is 5.66. The molecule has 1 aliphatic rings. The SMILES string of the molecule is CNc1sc(S(=O)(=O)NC2CC2(C)C)cc1[N+](=O)[O-]. The number of nitrogens with one attached hydrogen (secondary N) is 2. The minimum Gasteiger partial charge on any atom is -0.374 e. The molecule has 1 aliphatic carbocycles. The molecule has 1 saturated carbocycles. The average Bonchev–Trinajstić information content (AvgIpc) is 2.76. The molecule has 1 aromatic rings. The quantitative estimate of drug-likeness (QED) is 0.637. The highest BCUT2D eigenvalue weighted by Gasteiger charge is 2.48. The molecule has 19 heavy (non-hydrogen) atoms. The first-order valence-corrected chi connectivity index (χ1v) is 7.95. The van der Waals surface area contributed by atoms with Crippen LogP contribution < -0.4 is 10.0 Å². The van der Waals surface area contributed by atoms with Gasteiger partial charge in [0.1, 0.15) is 4.21 Å². The van der Waals surface area contributed by atoms with Gasteiger partial charge in [-0.2, -0.15) is 0 Å². The van der Waals surface area contributed by atoms with Gasteiger partial charge in [0.05, 0.1) is 4.92 Å². The van der Waals surface area contributed by atoms with Crippen LogP contribution in [0.4, 0.5) is 10.7 Å². The van der Waals surface area contributed by atoms with Gasteiger partial charge in [-0.05, 0) is 11.8 Å². The molecule has 0 amide bonds. The highest BCUT2D eigenvalue weighted by atomic mass is 32.2. The Morgan fingerprint density at radius 1 is 1.53 bits per heavy atom. The van der Waals surface area contributed by atoms with Crippen LogP contribution in [0.5, 0.6) is 0 Å². The van der Waals surface area contributed by atoms with Gasteiger partial charge in [0, 0.05) is 19.2 Å². The van der Waals surface area contributed by atoms with Gasteiger partial charge >= 0.3 is 5.69 Å². The fraction of sp³-hybridized carbons (Fsp3) is 0.600. The van der Waals surface area contributed by atoms with E-state index in [4.69, 9.17) is 0 Å². The Hall–Kier alpha value is -1.19. The van der Waals surface area contributed by atoms with Gasteiger partial charge in [0.25, 0.3) is 10.0 Å². The molecule has 1 unspecified atom stereocenters. The molecule has 9 heteroatoms. The lowest BCUT2D eigenvalue weighted by molar-refractivity contribution is -0.383. The monoisotopic (exact) mass is 305 g/mol. The molecule has 1 fully saturated rings. The normalized spacial score (nSPS) is 21.1. The number of thiophene rings is 1. The molecule has 1 atom stereocenters. The number of hydrogen-bond donors (Lipinski definition) is 2. The molecule has 0 bridgehead atoms. The summed E-state index contributed by atoms with van der Waals surface area (Å²) in [4.78, 5) is 10.2. The maximum atomic E-state index is 12.1. The molecular weight excluding hydrogens is 290 g/mol. The number of rotatable bonds is 5. The van der Waals surface area contributed by atoms with Gasteiger partial charge in [-0.25, -0.2) is 13.1 Å². The fourth-order valence-electron chi connectivity index (χ4n) is 1.72. The van der Waals surface area contributed by atoms with Crippen molar-refractivity contribution >= 4 is 32.0 Å². The van der Waals surface area contributed by atoms with Gasteiger partial charge in [0.15, 0.2) is 5.00 Å². The van der Waals surface area contributed by atoms with Crippen LogP contribution in [0.1, 0.15) is 20.3 Å². The number of nitro groups is 1.